The smallest absolute Gasteiger partial charge is 0.292 e. The van der Waals surface area contributed by atoms with Crippen molar-refractivity contribution in [2.45, 2.75) is 19.4 Å². The average Bonchev–Trinajstić information content (AvgIpc) is 2.47. The Hall–Kier alpha value is -1.87. The molecule has 0 N–H and O–H groups in total. The lowest BCUT2D eigenvalue weighted by atomic mass is 10.0. The minimum absolute atomic E-state index is 0. The second kappa shape index (κ2) is 6.53. The molecule has 0 bridgehead atoms. The van der Waals surface area contributed by atoms with Crippen molar-refractivity contribution in [1.29, 1.82) is 0 Å². The summed E-state index contributed by atoms with van der Waals surface area (Å²) in [5, 5.41) is 0. The Bertz CT molecular complexity index is 586. The third-order valence-corrected chi connectivity index (χ3v) is 3.51. The van der Waals surface area contributed by atoms with Crippen molar-refractivity contribution < 1.29 is 21.8 Å². The Balaban J connectivity index is 0.00000147. The maximum atomic E-state index is 12.4. The number of hydrogen-bond donors (Lipinski definition) is 0. The first-order valence-electron chi connectivity index (χ1n) is 6.67. The highest BCUT2D eigenvalue weighted by atomic mass is 35.5. The van der Waals surface area contributed by atoms with Crippen molar-refractivity contribution in [2.24, 2.45) is 0 Å². The van der Waals surface area contributed by atoms with Gasteiger partial charge < -0.3 is 17.3 Å². The van der Waals surface area contributed by atoms with Crippen LogP contribution in [0.15, 0.2) is 54.9 Å². The number of nitrogens with zero attached hydrogens (tertiary/aromatic N) is 2. The molecule has 3 nitrogen and oxygen atoms in total. The number of aryl methyl sites for hydroxylation is 1. The first kappa shape index (κ1) is 14.5. The number of hydrogen-bond acceptors (Lipinski definition) is 1. The first-order valence-corrected chi connectivity index (χ1v) is 6.67. The van der Waals surface area contributed by atoms with Crippen molar-refractivity contribution in [3.63, 3.8) is 0 Å². The highest BCUT2D eigenvalue weighted by Crippen LogP contribution is 2.26. The molecular formula is C16H17ClN2O. The monoisotopic (exact) mass is 288 g/mol. The molecule has 0 spiro atoms. The number of rotatable bonds is 2. The van der Waals surface area contributed by atoms with Crippen LogP contribution in [0.3, 0.4) is 0 Å². The lowest BCUT2D eigenvalue weighted by Gasteiger charge is -2.28. The SMILES string of the molecule is O=C(C[n+]1ccccc1)N1CCCc2ccccc21.[Cl-]. The number of fused-ring (bicyclic) bond motifs is 1. The van der Waals surface area contributed by atoms with Crippen molar-refractivity contribution >= 4 is 11.6 Å². The summed E-state index contributed by atoms with van der Waals surface area (Å²) in [6, 6.07) is 14.0. The number of pyridine rings is 1. The van der Waals surface area contributed by atoms with Gasteiger partial charge in [0.1, 0.15) is 0 Å². The summed E-state index contributed by atoms with van der Waals surface area (Å²) >= 11 is 0. The topological polar surface area (TPSA) is 24.2 Å². The Morgan fingerprint density at radius 3 is 2.65 bits per heavy atom. The van der Waals surface area contributed by atoms with Gasteiger partial charge >= 0.3 is 0 Å². The minimum atomic E-state index is 0. The fraction of sp³-hybridized carbons (Fsp3) is 0.250. The van der Waals surface area contributed by atoms with E-state index in [-0.39, 0.29) is 18.3 Å². The molecule has 2 heterocycles. The van der Waals surface area contributed by atoms with Crippen LogP contribution in [0.1, 0.15) is 12.0 Å². The molecule has 0 fully saturated rings. The van der Waals surface area contributed by atoms with Crippen LogP contribution in [0.4, 0.5) is 5.69 Å². The second-order valence-electron chi connectivity index (χ2n) is 4.83. The van der Waals surface area contributed by atoms with Crippen LogP contribution < -0.4 is 21.9 Å². The van der Waals surface area contributed by atoms with E-state index in [1.165, 1.54) is 5.56 Å². The maximum absolute atomic E-state index is 12.4. The largest absolute Gasteiger partial charge is 1.00 e. The average molecular weight is 289 g/mol. The van der Waals surface area contributed by atoms with Gasteiger partial charge in [-0.25, -0.2) is 0 Å². The molecule has 0 saturated heterocycles. The molecule has 0 saturated carbocycles. The van der Waals surface area contributed by atoms with E-state index < -0.39 is 0 Å². The molecule has 104 valence electrons. The van der Waals surface area contributed by atoms with Crippen molar-refractivity contribution in [3.05, 3.63) is 60.4 Å². The van der Waals surface area contributed by atoms with Gasteiger partial charge in [-0.3, -0.25) is 4.79 Å². The van der Waals surface area contributed by atoms with E-state index in [1.54, 1.807) is 0 Å². The van der Waals surface area contributed by atoms with E-state index in [1.807, 2.05) is 58.3 Å². The number of halogens is 1. The molecule has 1 aromatic carbocycles. The summed E-state index contributed by atoms with van der Waals surface area (Å²) in [4.78, 5) is 14.4. The quantitative estimate of drug-likeness (QED) is 0.648. The number of anilines is 1. The van der Waals surface area contributed by atoms with E-state index in [2.05, 4.69) is 6.07 Å². The van der Waals surface area contributed by atoms with Crippen molar-refractivity contribution in [2.75, 3.05) is 11.4 Å². The highest BCUT2D eigenvalue weighted by Gasteiger charge is 2.24. The predicted octanol–water partition coefficient (Wildman–Crippen LogP) is -1.04. The molecule has 4 heteroatoms. The number of carbonyl (C=O) groups is 1. The lowest BCUT2D eigenvalue weighted by molar-refractivity contribution is -0.684. The number of amides is 1. The molecule has 1 aliphatic heterocycles. The Kier molecular flexibility index (Phi) is 4.74. The van der Waals surface area contributed by atoms with Crippen LogP contribution >= 0.6 is 0 Å². The minimum Gasteiger partial charge on any atom is -1.00 e. The number of aromatic nitrogens is 1. The van der Waals surface area contributed by atoms with Gasteiger partial charge in [-0.05, 0) is 24.5 Å². The highest BCUT2D eigenvalue weighted by molar-refractivity contribution is 5.93. The standard InChI is InChI=1S/C16H17N2O.ClH/c19-16(13-17-10-4-1-5-11-17)18-12-6-8-14-7-2-3-9-15(14)18;/h1-5,7,9-11H,6,8,12-13H2;1H/q+1;/p-1. The zero-order valence-electron chi connectivity index (χ0n) is 11.2. The van der Waals surface area contributed by atoms with E-state index in [9.17, 15) is 4.79 Å². The van der Waals surface area contributed by atoms with E-state index in [4.69, 9.17) is 0 Å². The summed E-state index contributed by atoms with van der Waals surface area (Å²) in [5.74, 6) is 0.156. The van der Waals surface area contributed by atoms with Crippen LogP contribution in [0.2, 0.25) is 0 Å². The van der Waals surface area contributed by atoms with Crippen LogP contribution in [0, 0.1) is 0 Å². The first-order chi connectivity index (χ1) is 9.34. The van der Waals surface area contributed by atoms with E-state index in [0.29, 0.717) is 6.54 Å². The second-order valence-corrected chi connectivity index (χ2v) is 4.83. The van der Waals surface area contributed by atoms with E-state index in [0.717, 1.165) is 25.1 Å². The van der Waals surface area contributed by atoms with Crippen molar-refractivity contribution in [1.82, 2.24) is 0 Å². The van der Waals surface area contributed by atoms with Gasteiger partial charge in [0, 0.05) is 24.4 Å². The molecule has 1 amide bonds. The Morgan fingerprint density at radius 2 is 1.85 bits per heavy atom. The van der Waals surface area contributed by atoms with Crippen LogP contribution in [0.5, 0.6) is 0 Å². The number of benzene rings is 1. The van der Waals surface area contributed by atoms with Gasteiger partial charge in [0.2, 0.25) is 6.54 Å². The molecule has 20 heavy (non-hydrogen) atoms. The van der Waals surface area contributed by atoms with Crippen LogP contribution in [-0.4, -0.2) is 12.5 Å². The van der Waals surface area contributed by atoms with Gasteiger partial charge in [0.15, 0.2) is 12.4 Å². The Labute approximate surface area is 125 Å². The van der Waals surface area contributed by atoms with Gasteiger partial charge in [0.05, 0.1) is 0 Å². The molecule has 0 unspecified atom stereocenters. The number of para-hydroxylation sites is 1. The zero-order valence-corrected chi connectivity index (χ0v) is 12.0. The third kappa shape index (κ3) is 2.99. The molecule has 0 atom stereocenters. The lowest BCUT2D eigenvalue weighted by Crippen LogP contribution is -3.00. The molecule has 3 rings (SSSR count). The molecule has 1 aromatic heterocycles. The summed E-state index contributed by atoms with van der Waals surface area (Å²) in [5.41, 5.74) is 2.36. The third-order valence-electron chi connectivity index (χ3n) is 3.51. The molecule has 0 radical (unpaired) electrons. The van der Waals surface area contributed by atoms with Gasteiger partial charge in [-0.15, -0.1) is 0 Å². The summed E-state index contributed by atoms with van der Waals surface area (Å²) < 4.78 is 1.92. The fourth-order valence-corrected chi connectivity index (χ4v) is 2.57. The molecule has 0 aliphatic carbocycles. The summed E-state index contributed by atoms with van der Waals surface area (Å²) in [6.07, 6.45) is 5.96. The molecule has 2 aromatic rings. The molecule has 1 aliphatic rings. The van der Waals surface area contributed by atoms with Crippen LogP contribution in [0.25, 0.3) is 0 Å². The predicted molar refractivity (Wildman–Crippen MR) is 73.8 cm³/mol. The van der Waals surface area contributed by atoms with Crippen LogP contribution in [-0.2, 0) is 17.8 Å². The normalized spacial score (nSPS) is 13.3. The van der Waals surface area contributed by atoms with E-state index >= 15 is 0 Å². The van der Waals surface area contributed by atoms with Gasteiger partial charge in [-0.2, -0.15) is 4.57 Å². The Morgan fingerprint density at radius 1 is 1.10 bits per heavy atom. The summed E-state index contributed by atoms with van der Waals surface area (Å²) in [6.45, 7) is 1.22. The van der Waals surface area contributed by atoms with Crippen molar-refractivity contribution in [3.8, 4) is 0 Å². The number of carbonyl (C=O) groups excluding carboxylic acids is 1. The molecular weight excluding hydrogens is 272 g/mol. The zero-order chi connectivity index (χ0) is 13.1. The maximum Gasteiger partial charge on any atom is 0.292 e. The van der Waals surface area contributed by atoms with Gasteiger partial charge in [-0.1, -0.05) is 24.3 Å². The summed E-state index contributed by atoms with van der Waals surface area (Å²) in [7, 11) is 0. The fourth-order valence-electron chi connectivity index (χ4n) is 2.57. The van der Waals surface area contributed by atoms with Gasteiger partial charge in [0.25, 0.3) is 5.91 Å².